The summed E-state index contributed by atoms with van der Waals surface area (Å²) in [5.41, 5.74) is 7.09. The van der Waals surface area contributed by atoms with Crippen LogP contribution in [0, 0.1) is 5.82 Å². The number of nitrogens with two attached hydrogens (primary N) is 1. The zero-order valence-electron chi connectivity index (χ0n) is 11.1. The van der Waals surface area contributed by atoms with E-state index < -0.39 is 0 Å². The van der Waals surface area contributed by atoms with Crippen LogP contribution in [0.1, 0.15) is 18.5 Å². The summed E-state index contributed by atoms with van der Waals surface area (Å²) in [6.07, 6.45) is 0. The molecule has 1 aliphatic heterocycles. The summed E-state index contributed by atoms with van der Waals surface area (Å²) in [6, 6.07) is 6.91. The van der Waals surface area contributed by atoms with Crippen molar-refractivity contribution in [1.82, 2.24) is 9.80 Å². The molecule has 1 aromatic rings. The maximum Gasteiger partial charge on any atom is 0.123 e. The van der Waals surface area contributed by atoms with Crippen molar-refractivity contribution in [3.63, 3.8) is 0 Å². The number of rotatable bonds is 3. The van der Waals surface area contributed by atoms with E-state index in [0.717, 1.165) is 31.7 Å². The lowest BCUT2D eigenvalue weighted by atomic mass is 9.98. The minimum atomic E-state index is -0.188. The van der Waals surface area contributed by atoms with Crippen LogP contribution in [0.3, 0.4) is 0 Å². The Morgan fingerprint density at radius 3 is 2.44 bits per heavy atom. The van der Waals surface area contributed by atoms with Crippen LogP contribution in [0.25, 0.3) is 0 Å². The van der Waals surface area contributed by atoms with E-state index in [4.69, 9.17) is 5.73 Å². The van der Waals surface area contributed by atoms with Gasteiger partial charge in [0.25, 0.3) is 0 Å². The molecule has 0 amide bonds. The first-order valence-corrected chi connectivity index (χ1v) is 6.51. The fourth-order valence-electron chi connectivity index (χ4n) is 2.64. The molecule has 0 aliphatic carbocycles. The van der Waals surface area contributed by atoms with Gasteiger partial charge in [0.15, 0.2) is 0 Å². The van der Waals surface area contributed by atoms with Crippen LogP contribution >= 0.6 is 0 Å². The summed E-state index contributed by atoms with van der Waals surface area (Å²) >= 11 is 0. The van der Waals surface area contributed by atoms with E-state index >= 15 is 0 Å². The molecule has 1 heterocycles. The molecule has 1 saturated heterocycles. The standard InChI is InChI=1S/C14H22FN3/c1-11(16)14(12-4-3-5-13(15)10-12)18-8-6-17(2)7-9-18/h3-5,10-11,14H,6-9,16H2,1-2H3. The van der Waals surface area contributed by atoms with Crippen LogP contribution < -0.4 is 5.73 Å². The molecule has 4 heteroatoms. The molecule has 1 aromatic carbocycles. The lowest BCUT2D eigenvalue weighted by molar-refractivity contribution is 0.100. The number of likely N-dealkylation sites (N-methyl/N-ethyl adjacent to an activating group) is 1. The number of halogens is 1. The van der Waals surface area contributed by atoms with Gasteiger partial charge in [-0.3, -0.25) is 4.90 Å². The highest BCUT2D eigenvalue weighted by molar-refractivity contribution is 5.22. The highest BCUT2D eigenvalue weighted by atomic mass is 19.1. The third-order valence-corrected chi connectivity index (χ3v) is 3.62. The van der Waals surface area contributed by atoms with Crippen molar-refractivity contribution in [3.8, 4) is 0 Å². The average Bonchev–Trinajstić information content (AvgIpc) is 2.32. The van der Waals surface area contributed by atoms with Crippen molar-refractivity contribution in [2.45, 2.75) is 19.0 Å². The molecular formula is C14H22FN3. The van der Waals surface area contributed by atoms with Crippen molar-refractivity contribution in [3.05, 3.63) is 35.6 Å². The van der Waals surface area contributed by atoms with Crippen LogP contribution in [0.15, 0.2) is 24.3 Å². The molecule has 2 N–H and O–H groups in total. The van der Waals surface area contributed by atoms with E-state index in [1.807, 2.05) is 13.0 Å². The van der Waals surface area contributed by atoms with Gasteiger partial charge < -0.3 is 10.6 Å². The first-order chi connectivity index (χ1) is 8.58. The van der Waals surface area contributed by atoms with Crippen molar-refractivity contribution in [1.29, 1.82) is 0 Å². The lowest BCUT2D eigenvalue weighted by Gasteiger charge is -2.40. The highest BCUT2D eigenvalue weighted by Crippen LogP contribution is 2.25. The molecule has 0 spiro atoms. The summed E-state index contributed by atoms with van der Waals surface area (Å²) in [4.78, 5) is 4.67. The topological polar surface area (TPSA) is 32.5 Å². The van der Waals surface area contributed by atoms with E-state index in [9.17, 15) is 4.39 Å². The second-order valence-electron chi connectivity index (χ2n) is 5.20. The molecular weight excluding hydrogens is 229 g/mol. The van der Waals surface area contributed by atoms with Crippen LogP contribution in [0.2, 0.25) is 0 Å². The van der Waals surface area contributed by atoms with Gasteiger partial charge in [0, 0.05) is 38.3 Å². The van der Waals surface area contributed by atoms with Crippen LogP contribution in [-0.4, -0.2) is 49.1 Å². The Hall–Kier alpha value is -0.970. The Morgan fingerprint density at radius 2 is 1.89 bits per heavy atom. The summed E-state index contributed by atoms with van der Waals surface area (Å²) < 4.78 is 13.4. The lowest BCUT2D eigenvalue weighted by Crippen LogP contribution is -2.49. The number of hydrogen-bond acceptors (Lipinski definition) is 3. The van der Waals surface area contributed by atoms with Crippen molar-refractivity contribution >= 4 is 0 Å². The van der Waals surface area contributed by atoms with Crippen LogP contribution in [-0.2, 0) is 0 Å². The minimum absolute atomic E-state index is 0.00444. The smallest absolute Gasteiger partial charge is 0.123 e. The Kier molecular flexibility index (Phi) is 4.32. The van der Waals surface area contributed by atoms with Crippen molar-refractivity contribution in [2.75, 3.05) is 33.2 Å². The summed E-state index contributed by atoms with van der Waals surface area (Å²) in [6.45, 7) is 6.05. The quantitative estimate of drug-likeness (QED) is 0.883. The number of hydrogen-bond donors (Lipinski definition) is 1. The van der Waals surface area contributed by atoms with Gasteiger partial charge in [-0.1, -0.05) is 12.1 Å². The number of nitrogens with zero attached hydrogens (tertiary/aromatic N) is 2. The average molecular weight is 251 g/mol. The van der Waals surface area contributed by atoms with Gasteiger partial charge in [0.1, 0.15) is 5.82 Å². The maximum atomic E-state index is 13.4. The number of piperazine rings is 1. The predicted molar refractivity (Wildman–Crippen MR) is 71.9 cm³/mol. The molecule has 3 nitrogen and oxygen atoms in total. The fourth-order valence-corrected chi connectivity index (χ4v) is 2.64. The third-order valence-electron chi connectivity index (χ3n) is 3.62. The molecule has 2 rings (SSSR count). The van der Waals surface area contributed by atoms with Crippen molar-refractivity contribution in [2.24, 2.45) is 5.73 Å². The SMILES string of the molecule is CC(N)C(c1cccc(F)c1)N1CCN(C)CC1. The van der Waals surface area contributed by atoms with Gasteiger partial charge >= 0.3 is 0 Å². The van der Waals surface area contributed by atoms with Crippen LogP contribution in [0.5, 0.6) is 0 Å². The van der Waals surface area contributed by atoms with E-state index in [0.29, 0.717) is 0 Å². The van der Waals surface area contributed by atoms with E-state index in [-0.39, 0.29) is 17.9 Å². The summed E-state index contributed by atoms with van der Waals surface area (Å²) in [5.74, 6) is -0.188. The van der Waals surface area contributed by atoms with Crippen molar-refractivity contribution < 1.29 is 4.39 Å². The molecule has 18 heavy (non-hydrogen) atoms. The van der Waals surface area contributed by atoms with Gasteiger partial charge in [-0.05, 0) is 31.7 Å². The van der Waals surface area contributed by atoms with Gasteiger partial charge in [-0.15, -0.1) is 0 Å². The van der Waals surface area contributed by atoms with Gasteiger partial charge in [-0.2, -0.15) is 0 Å². The van der Waals surface area contributed by atoms with Gasteiger partial charge in [0.05, 0.1) is 0 Å². The normalized spacial score (nSPS) is 21.8. The molecule has 1 aliphatic rings. The predicted octanol–water partition coefficient (Wildman–Crippen LogP) is 1.46. The molecule has 2 atom stereocenters. The zero-order chi connectivity index (χ0) is 13.1. The highest BCUT2D eigenvalue weighted by Gasteiger charge is 2.26. The Labute approximate surface area is 108 Å². The zero-order valence-corrected chi connectivity index (χ0v) is 11.1. The molecule has 100 valence electrons. The summed E-state index contributed by atoms with van der Waals surface area (Å²) in [5, 5.41) is 0. The molecule has 0 radical (unpaired) electrons. The van der Waals surface area contributed by atoms with Gasteiger partial charge in [0.2, 0.25) is 0 Å². The Bertz CT molecular complexity index is 386. The monoisotopic (exact) mass is 251 g/mol. The van der Waals surface area contributed by atoms with Gasteiger partial charge in [-0.25, -0.2) is 4.39 Å². The number of benzene rings is 1. The Balaban J connectivity index is 2.18. The second-order valence-corrected chi connectivity index (χ2v) is 5.20. The minimum Gasteiger partial charge on any atom is -0.326 e. The first kappa shape index (κ1) is 13.5. The molecule has 0 saturated carbocycles. The maximum absolute atomic E-state index is 13.4. The van der Waals surface area contributed by atoms with Crippen LogP contribution in [0.4, 0.5) is 4.39 Å². The third kappa shape index (κ3) is 3.07. The molecule has 2 unspecified atom stereocenters. The van der Waals surface area contributed by atoms with E-state index in [1.165, 1.54) is 6.07 Å². The molecule has 1 fully saturated rings. The molecule has 0 aromatic heterocycles. The first-order valence-electron chi connectivity index (χ1n) is 6.51. The molecule has 0 bridgehead atoms. The van der Waals surface area contributed by atoms with E-state index in [1.54, 1.807) is 12.1 Å². The fraction of sp³-hybridized carbons (Fsp3) is 0.571. The van der Waals surface area contributed by atoms with E-state index in [2.05, 4.69) is 16.8 Å². The Morgan fingerprint density at radius 1 is 1.22 bits per heavy atom. The largest absolute Gasteiger partial charge is 0.326 e. The second kappa shape index (κ2) is 5.78. The summed E-state index contributed by atoms with van der Waals surface area (Å²) in [7, 11) is 2.13.